The van der Waals surface area contributed by atoms with Gasteiger partial charge in [-0.1, -0.05) is 50.8 Å². The van der Waals surface area contributed by atoms with E-state index in [0.29, 0.717) is 57.3 Å². The zero-order valence-electron chi connectivity index (χ0n) is 56.4. The van der Waals surface area contributed by atoms with Gasteiger partial charge in [0.2, 0.25) is 52.2 Å². The summed E-state index contributed by atoms with van der Waals surface area (Å²) in [5.41, 5.74) is 0.674. The molecule has 12 heterocycles. The van der Waals surface area contributed by atoms with Crippen LogP contribution in [0.4, 0.5) is 49.4 Å². The normalized spacial score (nSPS) is 25.3. The first kappa shape index (κ1) is 77.1. The predicted octanol–water partition coefficient (Wildman–Crippen LogP) is 6.08. The van der Waals surface area contributed by atoms with Crippen molar-refractivity contribution >= 4 is 154 Å². The molecule has 0 spiro atoms. The number of fused-ring (bicyclic) bond motifs is 3. The summed E-state index contributed by atoms with van der Waals surface area (Å²) in [5.74, 6) is -9.38. The van der Waals surface area contributed by atoms with E-state index in [0.717, 1.165) is 113 Å². The average Bonchev–Trinajstić information content (AvgIpc) is 1.62. The highest BCUT2D eigenvalue weighted by Gasteiger charge is 2.41. The molecule has 9 aliphatic heterocycles. The third-order valence-electron chi connectivity index (χ3n) is 17.2. The minimum absolute atomic E-state index is 0. The molecular weight excluding hydrogens is 1420 g/mol. The van der Waals surface area contributed by atoms with Gasteiger partial charge in [0.15, 0.2) is 52.3 Å². The van der Waals surface area contributed by atoms with Crippen LogP contribution >= 0.6 is 35.3 Å². The summed E-state index contributed by atoms with van der Waals surface area (Å²) in [6.07, 6.45) is -0.139. The quantitative estimate of drug-likeness (QED) is 0.0514. The average molecular weight is 1500 g/mol. The number of anilines is 3. The molecule has 0 aliphatic carbocycles. The maximum absolute atomic E-state index is 14.5. The summed E-state index contributed by atoms with van der Waals surface area (Å²) < 4.78 is 87.1. The van der Waals surface area contributed by atoms with E-state index in [9.17, 15) is 75.1 Å². The summed E-state index contributed by atoms with van der Waals surface area (Å²) in [6.45, 7) is 18.0. The number of carbonyl (C=O) groups excluding carboxylic acids is 12. The molecule has 9 atom stereocenters. The van der Waals surface area contributed by atoms with Crippen LogP contribution in [0.1, 0.15) is 74.9 Å². The number of alkyl halides is 1. The number of piperidine rings is 3. The van der Waals surface area contributed by atoms with Gasteiger partial charge in [-0.25, -0.2) is 17.6 Å². The Morgan fingerprint density at radius 3 is 1.07 bits per heavy atom. The smallest absolute Gasteiger partial charge is 0.287 e. The van der Waals surface area contributed by atoms with E-state index >= 15 is 0 Å². The molecule has 9 saturated heterocycles. The fourth-order valence-electron chi connectivity index (χ4n) is 11.9. The molecule has 9 amide bonds. The minimum Gasteiger partial charge on any atom is -0.376 e. The zero-order valence-corrected chi connectivity index (χ0v) is 58.8. The lowest BCUT2D eigenvalue weighted by atomic mass is 9.89. The number of ether oxygens (including phenoxy) is 3. The second-order valence-corrected chi connectivity index (χ2v) is 28.5. The fraction of sp³-hybridized carbons (Fsp3) is 0.500. The van der Waals surface area contributed by atoms with Crippen molar-refractivity contribution < 1.29 is 107 Å². The number of halogens is 4. The lowest BCUT2D eigenvalue weighted by Crippen LogP contribution is -2.46. The molecule has 6 aromatic rings. The van der Waals surface area contributed by atoms with E-state index in [2.05, 4.69) is 68.1 Å². The molecule has 0 bridgehead atoms. The van der Waals surface area contributed by atoms with E-state index in [4.69, 9.17) is 27.8 Å². The van der Waals surface area contributed by atoms with Gasteiger partial charge >= 0.3 is 0 Å². The van der Waals surface area contributed by atoms with Crippen LogP contribution in [0.3, 0.4) is 0 Å². The number of hydrogen-bond donors (Lipinski definition) is 6. The van der Waals surface area contributed by atoms with Crippen molar-refractivity contribution in [3.8, 4) is 0 Å². The molecule has 0 saturated carbocycles. The molecule has 3 unspecified atom stereocenters. The first-order chi connectivity index (χ1) is 49.2. The van der Waals surface area contributed by atoms with Crippen LogP contribution in [0, 0.1) is 35.2 Å². The number of nitrogens with one attached hydrogen (secondary N) is 6. The van der Waals surface area contributed by atoms with Crippen molar-refractivity contribution in [1.29, 1.82) is 0 Å². The number of amides is 9. The Kier molecular flexibility index (Phi) is 26.0. The number of ketones is 3. The van der Waals surface area contributed by atoms with Crippen LogP contribution in [0.2, 0.25) is 0 Å². The number of nitrogens with zero attached hydrogens (tertiary/aromatic N) is 6. The van der Waals surface area contributed by atoms with Gasteiger partial charge in [-0.15, -0.1) is 0 Å². The van der Waals surface area contributed by atoms with Gasteiger partial charge in [0.25, 0.3) is 15.7 Å². The fourth-order valence-corrected chi connectivity index (χ4v) is 14.7. The van der Waals surface area contributed by atoms with E-state index in [1.54, 1.807) is 12.1 Å². The molecule has 37 heteroatoms. The SMILES string of the molecule is C[C@@H]1CSC(=O)N1c1noc2c(F)cc(CC3C(=O)CC(=O)NC3=O)cc12.C[C@H]1CNCCO1.C[C@H]1CNCCO1.C[C@H]1CNCCO1.C[C@H]1CSC(=O)N1c1noc2c(F)cc(CC3C(=O)CC(=O)NC3=O)cc12.O=C1CC(=O)C(Cc2cc(F)c3onc(N4C[C@H](CF)SC4=O)c3c2)C(=O)N1.[HH].[HH].[HH]. The largest absolute Gasteiger partial charge is 0.376 e. The Balaban J connectivity index is 0.000000192. The monoisotopic (exact) mass is 1500 g/mol. The van der Waals surface area contributed by atoms with E-state index in [1.165, 1.54) is 20.8 Å². The summed E-state index contributed by atoms with van der Waals surface area (Å²) in [7, 11) is 0. The molecule has 0 radical (unpaired) electrons. The lowest BCUT2D eigenvalue weighted by Gasteiger charge is -2.20. The van der Waals surface area contributed by atoms with Crippen LogP contribution in [0.25, 0.3) is 32.9 Å². The van der Waals surface area contributed by atoms with E-state index in [1.807, 2.05) is 13.8 Å². The van der Waals surface area contributed by atoms with Crippen LogP contribution in [0.5, 0.6) is 0 Å². The first-order valence-corrected chi connectivity index (χ1v) is 35.9. The van der Waals surface area contributed by atoms with Crippen molar-refractivity contribution in [3.05, 3.63) is 70.5 Å². The number of aromatic nitrogens is 3. The van der Waals surface area contributed by atoms with Gasteiger partial charge in [-0.05, 0) is 107 Å². The molecular formula is C66H80F4N12O18S3. The van der Waals surface area contributed by atoms with E-state index in [-0.39, 0.29) is 105 Å². The third-order valence-corrected chi connectivity index (χ3v) is 20.4. The molecule has 9 fully saturated rings. The Morgan fingerprint density at radius 2 is 0.806 bits per heavy atom. The third kappa shape index (κ3) is 19.1. The number of morpholine rings is 3. The number of hydrogen-bond acceptors (Lipinski definition) is 27. The Hall–Kier alpha value is -8.56. The Morgan fingerprint density at radius 1 is 0.476 bits per heavy atom. The summed E-state index contributed by atoms with van der Waals surface area (Å²) >= 11 is 3.11. The number of benzene rings is 3. The van der Waals surface area contributed by atoms with Crippen molar-refractivity contribution in [2.45, 2.75) is 109 Å². The topological polar surface area (TPSA) is 393 Å². The van der Waals surface area contributed by atoms with Crippen LogP contribution < -0.4 is 46.6 Å². The van der Waals surface area contributed by atoms with Crippen LogP contribution in [-0.4, -0.2) is 203 Å². The number of carbonyl (C=O) groups is 12. The predicted molar refractivity (Wildman–Crippen MR) is 373 cm³/mol. The maximum atomic E-state index is 14.5. The minimum atomic E-state index is -1.11. The van der Waals surface area contributed by atoms with Crippen molar-refractivity contribution in [2.24, 2.45) is 17.8 Å². The number of thioether (sulfide) groups is 3. The lowest BCUT2D eigenvalue weighted by molar-refractivity contribution is -0.145. The number of rotatable bonds is 10. The Labute approximate surface area is 601 Å². The molecule has 558 valence electrons. The Bertz CT molecular complexity index is 4020. The molecule has 30 nitrogen and oxygen atoms in total. The first-order valence-electron chi connectivity index (χ1n) is 33.0. The van der Waals surface area contributed by atoms with Crippen molar-refractivity contribution in [2.75, 3.05) is 98.5 Å². The molecule has 9 aliphatic rings. The second-order valence-electron chi connectivity index (χ2n) is 25.3. The standard InChI is InChI=1S/C17H13F2N3O5S.2C17H14FN3O5S.3C5H11NO.3H2/c18-5-8-6-22(17(26)28-8)15-10-2-7(3-11(19)14(10)27-21-15)1-9-12(23)4-13(24)20-16(9)25;2*1-7-6-27-17(25)21(7)15-10-3-8(4-11(18)14(10)26-20-15)2-9-12(22)5-13(23)19-16(9)24;3*1-5-4-6-2-3-7-5;;;/h2-3,8-9H,1,4-6H2,(H,20,24,25);2*3-4,7,9H,2,5-6H2,1H3,(H,19,23,24);3*5-6H,2-4H2,1H3;3*1H/t8-,9?;2*7-,9?;3*5-;;;/m010000.../s1. The molecule has 6 N–H and O–H groups in total. The van der Waals surface area contributed by atoms with Gasteiger partial charge in [0.1, 0.15) is 24.4 Å². The van der Waals surface area contributed by atoms with Crippen LogP contribution in [-0.2, 0) is 76.6 Å². The van der Waals surface area contributed by atoms with Gasteiger partial charge in [-0.3, -0.25) is 88.2 Å². The summed E-state index contributed by atoms with van der Waals surface area (Å²) in [4.78, 5) is 146. The maximum Gasteiger partial charge on any atom is 0.287 e. The number of imide groups is 3. The van der Waals surface area contributed by atoms with Crippen molar-refractivity contribution in [1.82, 2.24) is 47.4 Å². The van der Waals surface area contributed by atoms with Crippen LogP contribution in [0.15, 0.2) is 50.0 Å². The number of Topliss-reactive ketones (excluding diaryl/α,β-unsaturated/α-hetero) is 3. The van der Waals surface area contributed by atoms with Gasteiger partial charge in [-0.2, -0.15) is 0 Å². The highest BCUT2D eigenvalue weighted by molar-refractivity contribution is 8.15. The van der Waals surface area contributed by atoms with Gasteiger partial charge in [0, 0.05) is 73.7 Å². The van der Waals surface area contributed by atoms with Gasteiger partial charge in [0.05, 0.1) is 78.8 Å². The van der Waals surface area contributed by atoms with E-state index < -0.39 is 112 Å². The molecule has 15 rings (SSSR count). The highest BCUT2D eigenvalue weighted by atomic mass is 32.2. The summed E-state index contributed by atoms with van der Waals surface area (Å²) in [5, 5.41) is 26.8. The molecule has 3 aromatic carbocycles. The second kappa shape index (κ2) is 34.8. The van der Waals surface area contributed by atoms with Crippen molar-refractivity contribution in [3.63, 3.8) is 0 Å². The van der Waals surface area contributed by atoms with Gasteiger partial charge < -0.3 is 43.7 Å². The highest BCUT2D eigenvalue weighted by Crippen LogP contribution is 2.40. The molecule has 3 aromatic heterocycles. The summed E-state index contributed by atoms with van der Waals surface area (Å²) in [6, 6.07) is 7.78. The molecule has 103 heavy (non-hydrogen) atoms. The zero-order chi connectivity index (χ0) is 73.9.